The first-order chi connectivity index (χ1) is 14.1. The van der Waals surface area contributed by atoms with Crippen molar-refractivity contribution in [1.82, 2.24) is 14.8 Å². The van der Waals surface area contributed by atoms with Crippen LogP contribution >= 0.6 is 11.8 Å². The minimum atomic E-state index is -0.483. The molecule has 0 fully saturated rings. The Balaban J connectivity index is 1.36. The highest BCUT2D eigenvalue weighted by Crippen LogP contribution is 2.25. The van der Waals surface area contributed by atoms with Crippen LogP contribution in [0.2, 0.25) is 0 Å². The Bertz CT molecular complexity index is 1020. The van der Waals surface area contributed by atoms with Gasteiger partial charge in [0, 0.05) is 17.9 Å². The van der Waals surface area contributed by atoms with E-state index >= 15 is 0 Å². The van der Waals surface area contributed by atoms with Crippen LogP contribution < -0.4 is 10.6 Å². The molecule has 0 aliphatic carbocycles. The number of aryl methyl sites for hydroxylation is 1. The Morgan fingerprint density at radius 1 is 1.21 bits per heavy atom. The zero-order valence-corrected chi connectivity index (χ0v) is 16.8. The lowest BCUT2D eigenvalue weighted by Gasteiger charge is -2.21. The summed E-state index contributed by atoms with van der Waals surface area (Å²) >= 11 is 1.52. The van der Waals surface area contributed by atoms with Crippen molar-refractivity contribution in [3.05, 3.63) is 65.7 Å². The van der Waals surface area contributed by atoms with Crippen molar-refractivity contribution in [2.75, 3.05) is 10.6 Å². The Morgan fingerprint density at radius 3 is 2.72 bits per heavy atom. The van der Waals surface area contributed by atoms with Gasteiger partial charge >= 0.3 is 0 Å². The van der Waals surface area contributed by atoms with Gasteiger partial charge in [0.25, 0.3) is 0 Å². The number of para-hydroxylation sites is 1. The molecular formula is C21H21N5O2S. The number of carbonyl (C=O) groups excluding carboxylic acids is 2. The van der Waals surface area contributed by atoms with Gasteiger partial charge in [0.05, 0.1) is 12.5 Å². The van der Waals surface area contributed by atoms with Gasteiger partial charge in [-0.3, -0.25) is 14.9 Å². The smallest absolute Gasteiger partial charge is 0.232 e. The van der Waals surface area contributed by atoms with Crippen molar-refractivity contribution >= 4 is 35.2 Å². The molecule has 0 bridgehead atoms. The number of hydrogen-bond donors (Lipinski definition) is 2. The number of rotatable bonds is 6. The van der Waals surface area contributed by atoms with Crippen LogP contribution in [0.15, 0.2) is 59.8 Å². The Kier molecular flexibility index (Phi) is 5.62. The third-order valence-electron chi connectivity index (χ3n) is 4.63. The quantitative estimate of drug-likeness (QED) is 0.611. The molecule has 8 heteroatoms. The highest BCUT2D eigenvalue weighted by molar-refractivity contribution is 7.98. The number of nitrogens with zero attached hydrogens (tertiary/aromatic N) is 3. The molecule has 0 radical (unpaired) electrons. The summed E-state index contributed by atoms with van der Waals surface area (Å²) in [5.41, 5.74) is 3.12. The van der Waals surface area contributed by atoms with E-state index in [1.165, 1.54) is 22.9 Å². The molecule has 2 amide bonds. The lowest BCUT2D eigenvalue weighted by atomic mass is 10.0. The summed E-state index contributed by atoms with van der Waals surface area (Å²) in [7, 11) is 0. The summed E-state index contributed by atoms with van der Waals surface area (Å²) in [6.07, 6.45) is 0.0892. The van der Waals surface area contributed by atoms with Gasteiger partial charge < -0.3 is 5.32 Å². The zero-order chi connectivity index (χ0) is 20.2. The van der Waals surface area contributed by atoms with Gasteiger partial charge in [0.2, 0.25) is 22.9 Å². The van der Waals surface area contributed by atoms with Crippen LogP contribution in [0.3, 0.4) is 0 Å². The molecule has 2 N–H and O–H groups in total. The number of hydrogen-bond acceptors (Lipinski definition) is 5. The molecule has 3 aromatic rings. The molecule has 1 aliphatic heterocycles. The maximum Gasteiger partial charge on any atom is 0.232 e. The third-order valence-corrected chi connectivity index (χ3v) is 5.54. The molecule has 2 heterocycles. The number of nitrogens with one attached hydrogen (secondary N) is 2. The largest absolute Gasteiger partial charge is 0.326 e. The summed E-state index contributed by atoms with van der Waals surface area (Å²) in [5.74, 6) is 0.293. The number of carbonyl (C=O) groups is 2. The van der Waals surface area contributed by atoms with E-state index in [0.717, 1.165) is 5.75 Å². The van der Waals surface area contributed by atoms with Gasteiger partial charge in [-0.2, -0.15) is 4.98 Å². The van der Waals surface area contributed by atoms with Crippen molar-refractivity contribution in [1.29, 1.82) is 0 Å². The second kappa shape index (κ2) is 8.48. The molecule has 1 atom stereocenters. The van der Waals surface area contributed by atoms with Crippen molar-refractivity contribution in [3.63, 3.8) is 0 Å². The van der Waals surface area contributed by atoms with Gasteiger partial charge in [0.15, 0.2) is 0 Å². The topological polar surface area (TPSA) is 88.9 Å². The maximum absolute atomic E-state index is 12.4. The molecule has 0 spiro atoms. The number of fused-ring (bicyclic) bond motifs is 1. The molecule has 0 saturated carbocycles. The summed E-state index contributed by atoms with van der Waals surface area (Å²) < 4.78 is 1.67. The van der Waals surface area contributed by atoms with Gasteiger partial charge in [-0.15, -0.1) is 5.10 Å². The van der Waals surface area contributed by atoms with E-state index < -0.39 is 5.92 Å². The predicted octanol–water partition coefficient (Wildman–Crippen LogP) is 3.48. The van der Waals surface area contributed by atoms with E-state index in [0.29, 0.717) is 23.3 Å². The average Bonchev–Trinajstić information content (AvgIpc) is 3.10. The van der Waals surface area contributed by atoms with Crippen molar-refractivity contribution < 1.29 is 9.59 Å². The number of aromatic nitrogens is 3. The fourth-order valence-corrected chi connectivity index (χ4v) is 3.85. The normalized spacial score (nSPS) is 15.5. The fraction of sp³-hybridized carbons (Fsp3) is 0.238. The van der Waals surface area contributed by atoms with Gasteiger partial charge in [-0.1, -0.05) is 59.8 Å². The average molecular weight is 407 g/mol. The molecule has 2 aromatic carbocycles. The molecule has 4 rings (SSSR count). The Labute approximate surface area is 172 Å². The number of benzene rings is 2. The van der Waals surface area contributed by atoms with Crippen molar-refractivity contribution in [2.45, 2.75) is 30.8 Å². The van der Waals surface area contributed by atoms with E-state index in [9.17, 15) is 9.59 Å². The van der Waals surface area contributed by atoms with Crippen LogP contribution in [0.1, 0.15) is 17.5 Å². The van der Waals surface area contributed by atoms with Crippen LogP contribution in [0.25, 0.3) is 0 Å². The minimum absolute atomic E-state index is 0.0892. The first-order valence-corrected chi connectivity index (χ1v) is 10.3. The first-order valence-electron chi connectivity index (χ1n) is 9.36. The highest BCUT2D eigenvalue weighted by Gasteiger charge is 2.30. The molecule has 0 saturated heterocycles. The van der Waals surface area contributed by atoms with E-state index in [-0.39, 0.29) is 18.2 Å². The molecule has 1 unspecified atom stereocenters. The summed E-state index contributed by atoms with van der Waals surface area (Å²) in [6, 6.07) is 17.5. The Morgan fingerprint density at radius 2 is 1.97 bits per heavy atom. The van der Waals surface area contributed by atoms with Crippen LogP contribution in [0.4, 0.5) is 11.6 Å². The van der Waals surface area contributed by atoms with Crippen LogP contribution in [-0.4, -0.2) is 26.6 Å². The van der Waals surface area contributed by atoms with Crippen LogP contribution in [0.5, 0.6) is 0 Å². The van der Waals surface area contributed by atoms with Crippen molar-refractivity contribution in [2.24, 2.45) is 5.92 Å². The van der Waals surface area contributed by atoms with Crippen molar-refractivity contribution in [3.8, 4) is 0 Å². The van der Waals surface area contributed by atoms with Crippen LogP contribution in [0, 0.1) is 12.8 Å². The number of anilines is 2. The fourth-order valence-electron chi connectivity index (χ4n) is 3.05. The van der Waals surface area contributed by atoms with Gasteiger partial charge in [-0.05, 0) is 24.6 Å². The second-order valence-electron chi connectivity index (χ2n) is 6.98. The number of amides is 2. The first kappa shape index (κ1) is 19.2. The standard InChI is InChI=1S/C21H21N5O2S/c1-14-7-9-15(10-8-14)13-29-21-24-20-23-19(28)16(12-26(20)25-21)11-18(27)22-17-5-3-2-4-6-17/h2-10,16H,11-13H2,1H3,(H,22,27)(H,23,24,25,28). The SMILES string of the molecule is Cc1ccc(CSc2nc3n(n2)CC(CC(=O)Nc2ccccc2)C(=O)N3)cc1. The minimum Gasteiger partial charge on any atom is -0.326 e. The second-order valence-corrected chi connectivity index (χ2v) is 7.92. The lowest BCUT2D eigenvalue weighted by molar-refractivity contribution is -0.126. The van der Waals surface area contributed by atoms with Crippen LogP contribution in [-0.2, 0) is 21.9 Å². The summed E-state index contributed by atoms with van der Waals surface area (Å²) in [4.78, 5) is 29.1. The maximum atomic E-state index is 12.4. The monoisotopic (exact) mass is 407 g/mol. The van der Waals surface area contributed by atoms with E-state index in [2.05, 4.69) is 51.9 Å². The summed E-state index contributed by atoms with van der Waals surface area (Å²) in [6.45, 7) is 2.39. The molecule has 148 valence electrons. The van der Waals surface area contributed by atoms with E-state index in [1.54, 1.807) is 4.68 Å². The molecule has 1 aliphatic rings. The molecular weight excluding hydrogens is 386 g/mol. The molecule has 1 aromatic heterocycles. The van der Waals surface area contributed by atoms with Gasteiger partial charge in [-0.25, -0.2) is 4.68 Å². The zero-order valence-electron chi connectivity index (χ0n) is 16.0. The molecule has 7 nitrogen and oxygen atoms in total. The van der Waals surface area contributed by atoms with E-state index in [4.69, 9.17) is 0 Å². The molecule has 29 heavy (non-hydrogen) atoms. The Hall–Kier alpha value is -3.13. The van der Waals surface area contributed by atoms with E-state index in [1.807, 2.05) is 30.3 Å². The highest BCUT2D eigenvalue weighted by atomic mass is 32.2. The lowest BCUT2D eigenvalue weighted by Crippen LogP contribution is -2.36. The number of thioether (sulfide) groups is 1. The van der Waals surface area contributed by atoms with Gasteiger partial charge in [0.1, 0.15) is 0 Å². The predicted molar refractivity (Wildman–Crippen MR) is 113 cm³/mol. The third kappa shape index (κ3) is 4.83. The summed E-state index contributed by atoms with van der Waals surface area (Å²) in [5, 5.41) is 10.7.